The van der Waals surface area contributed by atoms with Gasteiger partial charge in [-0.15, -0.1) is 0 Å². The van der Waals surface area contributed by atoms with Crippen LogP contribution in [0.15, 0.2) is 0 Å². The van der Waals surface area contributed by atoms with Crippen molar-refractivity contribution in [3.8, 4) is 0 Å². The average Bonchev–Trinajstić information content (AvgIpc) is 0. The number of halogens is 4. The molecular formula is BaCuF4. The Morgan fingerprint density at radius 1 is 0.500 bits per heavy atom. The van der Waals surface area contributed by atoms with Gasteiger partial charge < -0.3 is 18.8 Å². The Labute approximate surface area is 83.5 Å². The summed E-state index contributed by atoms with van der Waals surface area (Å²) in [5.41, 5.74) is 0. The standard InChI is InChI=1S/Ba.Cu.4FH/h;;4*1H/q2*+2;;;;/p-4. The van der Waals surface area contributed by atoms with Crippen LogP contribution in [-0.2, 0) is 17.1 Å². The second-order valence-electron chi connectivity index (χ2n) is 0. The van der Waals surface area contributed by atoms with Gasteiger partial charge in [-0.2, -0.15) is 0 Å². The first-order valence-corrected chi connectivity index (χ1v) is 0. The van der Waals surface area contributed by atoms with Crippen LogP contribution in [0.25, 0.3) is 0 Å². The molecule has 0 aliphatic rings. The van der Waals surface area contributed by atoms with Crippen molar-refractivity contribution in [1.82, 2.24) is 0 Å². The van der Waals surface area contributed by atoms with Crippen molar-refractivity contribution in [1.29, 1.82) is 0 Å². The molecule has 0 heterocycles. The molecule has 0 rings (SSSR count). The SMILES string of the molecule is [Ba+2].[Cu+2].[F-].[F-].[F-].[F-]. The second-order valence-corrected chi connectivity index (χ2v) is 0. The minimum atomic E-state index is 0. The van der Waals surface area contributed by atoms with Crippen molar-refractivity contribution in [2.45, 2.75) is 0 Å². The Hall–Kier alpha value is 1.81. The summed E-state index contributed by atoms with van der Waals surface area (Å²) in [4.78, 5) is 0. The second kappa shape index (κ2) is 70.1. The first-order chi connectivity index (χ1) is 0. The van der Waals surface area contributed by atoms with Gasteiger partial charge in [-0.05, 0) is 0 Å². The van der Waals surface area contributed by atoms with Crippen molar-refractivity contribution in [3.63, 3.8) is 0 Å². The fourth-order valence-corrected chi connectivity index (χ4v) is 0. The molecule has 0 N–H and O–H groups in total. The molecule has 0 saturated carbocycles. The summed E-state index contributed by atoms with van der Waals surface area (Å²) in [5.74, 6) is 0. The van der Waals surface area contributed by atoms with E-state index in [9.17, 15) is 0 Å². The Morgan fingerprint density at radius 2 is 0.500 bits per heavy atom. The molecule has 0 aromatic carbocycles. The fraction of sp³-hybridized carbons (Fsp3) is 0. The Balaban J connectivity index is 0. The molecule has 0 fully saturated rings. The monoisotopic (exact) mass is 277 g/mol. The van der Waals surface area contributed by atoms with Gasteiger partial charge in [-0.1, -0.05) is 0 Å². The van der Waals surface area contributed by atoms with Gasteiger partial charge in [0.25, 0.3) is 0 Å². The van der Waals surface area contributed by atoms with Crippen LogP contribution >= 0.6 is 0 Å². The molecule has 0 aromatic heterocycles. The Morgan fingerprint density at radius 3 is 0.500 bits per heavy atom. The molecule has 0 spiro atoms. The van der Waals surface area contributed by atoms with Crippen molar-refractivity contribution in [3.05, 3.63) is 0 Å². The van der Waals surface area contributed by atoms with Gasteiger partial charge in [-0.3, -0.25) is 0 Å². The van der Waals surface area contributed by atoms with E-state index < -0.39 is 0 Å². The van der Waals surface area contributed by atoms with Crippen LogP contribution in [0, 0.1) is 0 Å². The molecule has 0 nitrogen and oxygen atoms in total. The summed E-state index contributed by atoms with van der Waals surface area (Å²) in [6, 6.07) is 0. The predicted molar refractivity (Wildman–Crippen MR) is 5.75 cm³/mol. The number of hydrogen-bond donors (Lipinski definition) is 0. The van der Waals surface area contributed by atoms with Crippen LogP contribution in [0.1, 0.15) is 0 Å². The maximum atomic E-state index is 0. The third-order valence-electron chi connectivity index (χ3n) is 0. The van der Waals surface area contributed by atoms with E-state index in [2.05, 4.69) is 0 Å². The van der Waals surface area contributed by atoms with E-state index >= 15 is 0 Å². The van der Waals surface area contributed by atoms with Gasteiger partial charge in [0.05, 0.1) is 0 Å². The van der Waals surface area contributed by atoms with Crippen LogP contribution < -0.4 is 18.8 Å². The molecule has 41 valence electrons. The topological polar surface area (TPSA) is 0 Å². The van der Waals surface area contributed by atoms with Gasteiger partial charge >= 0.3 is 65.9 Å². The third kappa shape index (κ3) is 41.0. The van der Waals surface area contributed by atoms with Crippen LogP contribution in [0.3, 0.4) is 0 Å². The maximum Gasteiger partial charge on any atom is 2.00 e. The summed E-state index contributed by atoms with van der Waals surface area (Å²) in [6.07, 6.45) is 0. The zero-order chi connectivity index (χ0) is 0. The summed E-state index contributed by atoms with van der Waals surface area (Å²) >= 11 is 0. The molecule has 0 aromatic rings. The Bertz CT molecular complexity index is 7.51. The van der Waals surface area contributed by atoms with E-state index in [-0.39, 0.29) is 84.8 Å². The van der Waals surface area contributed by atoms with E-state index in [0.29, 0.717) is 0 Å². The minimum absolute atomic E-state index is 0. The largest absolute Gasteiger partial charge is 2.00 e. The molecule has 0 bridgehead atoms. The molecule has 0 amide bonds. The van der Waals surface area contributed by atoms with E-state index in [4.69, 9.17) is 0 Å². The molecular weight excluding hydrogens is 277 g/mol. The summed E-state index contributed by atoms with van der Waals surface area (Å²) in [7, 11) is 0. The summed E-state index contributed by atoms with van der Waals surface area (Å²) < 4.78 is 0. The quantitative estimate of drug-likeness (QED) is 0.305. The van der Waals surface area contributed by atoms with E-state index in [0.717, 1.165) is 0 Å². The minimum Gasteiger partial charge on any atom is -1.00 e. The van der Waals surface area contributed by atoms with Gasteiger partial charge in [0, 0.05) is 0 Å². The van der Waals surface area contributed by atoms with Crippen LogP contribution in [0.2, 0.25) is 0 Å². The van der Waals surface area contributed by atoms with Crippen LogP contribution in [0.5, 0.6) is 0 Å². The maximum absolute atomic E-state index is 0. The van der Waals surface area contributed by atoms with Gasteiger partial charge in [0.1, 0.15) is 0 Å². The normalized spacial score (nSPS) is 0. The first-order valence-electron chi connectivity index (χ1n) is 0. The van der Waals surface area contributed by atoms with Crippen LogP contribution in [0.4, 0.5) is 0 Å². The predicted octanol–water partition coefficient (Wildman–Crippen LogP) is -12.4. The van der Waals surface area contributed by atoms with E-state index in [1.54, 1.807) is 0 Å². The molecule has 0 aliphatic carbocycles. The van der Waals surface area contributed by atoms with Crippen molar-refractivity contribution >= 4 is 48.9 Å². The average molecular weight is 277 g/mol. The molecule has 0 aliphatic heterocycles. The van der Waals surface area contributed by atoms with Crippen molar-refractivity contribution in [2.75, 3.05) is 0 Å². The molecule has 0 atom stereocenters. The zero-order valence-corrected chi connectivity index (χ0v) is 7.90. The zero-order valence-electron chi connectivity index (χ0n) is 2.52. The molecule has 0 saturated heterocycles. The van der Waals surface area contributed by atoms with Crippen LogP contribution in [-0.4, -0.2) is 48.9 Å². The number of rotatable bonds is 0. The Kier molecular flexibility index (Phi) is 1290. The van der Waals surface area contributed by atoms with Gasteiger partial charge in [0.2, 0.25) is 0 Å². The third-order valence-corrected chi connectivity index (χ3v) is 0. The van der Waals surface area contributed by atoms with Gasteiger partial charge in [0.15, 0.2) is 0 Å². The summed E-state index contributed by atoms with van der Waals surface area (Å²) in [5, 5.41) is 0. The van der Waals surface area contributed by atoms with Crippen molar-refractivity contribution in [2.24, 2.45) is 0 Å². The smallest absolute Gasteiger partial charge is 1.00 e. The molecule has 6 heteroatoms. The first kappa shape index (κ1) is 110. The van der Waals surface area contributed by atoms with E-state index in [1.165, 1.54) is 0 Å². The molecule has 0 unspecified atom stereocenters. The fourth-order valence-electron chi connectivity index (χ4n) is 0. The number of hydrogen-bond acceptors (Lipinski definition) is 0. The van der Waals surface area contributed by atoms with Gasteiger partial charge in [-0.25, -0.2) is 0 Å². The molecule has 6 heavy (non-hydrogen) atoms. The summed E-state index contributed by atoms with van der Waals surface area (Å²) in [6.45, 7) is 0. The van der Waals surface area contributed by atoms with Crippen molar-refractivity contribution < 1.29 is 35.9 Å². The van der Waals surface area contributed by atoms with E-state index in [1.807, 2.05) is 0 Å². The molecule has 1 radical (unpaired) electrons.